The van der Waals surface area contributed by atoms with Gasteiger partial charge in [0.1, 0.15) is 0 Å². The molecule has 3 rings (SSSR count). The zero-order chi connectivity index (χ0) is 17.3. The van der Waals surface area contributed by atoms with Crippen LogP contribution in [-0.2, 0) is 7.05 Å². The average molecular weight is 324 g/mol. The zero-order valence-corrected chi connectivity index (χ0v) is 14.2. The van der Waals surface area contributed by atoms with Crippen LogP contribution in [0.4, 0.5) is 5.69 Å². The molecule has 1 amide bonds. The van der Waals surface area contributed by atoms with Gasteiger partial charge >= 0.3 is 0 Å². The van der Waals surface area contributed by atoms with Crippen LogP contribution in [0.3, 0.4) is 0 Å². The van der Waals surface area contributed by atoms with E-state index in [0.29, 0.717) is 17.1 Å². The van der Waals surface area contributed by atoms with Crippen molar-refractivity contribution < 1.29 is 4.79 Å². The summed E-state index contributed by atoms with van der Waals surface area (Å²) in [5, 5.41) is 11.4. The number of pyridine rings is 1. The van der Waals surface area contributed by atoms with E-state index in [1.807, 2.05) is 44.8 Å². The van der Waals surface area contributed by atoms with Gasteiger partial charge in [-0.25, -0.2) is 0 Å². The smallest absolute Gasteiger partial charge is 0.276 e. The first kappa shape index (κ1) is 15.9. The minimum atomic E-state index is -0.254. The molecule has 0 spiro atoms. The highest BCUT2D eigenvalue weighted by atomic mass is 16.2. The summed E-state index contributed by atoms with van der Waals surface area (Å²) in [5.41, 5.74) is 3.50. The Morgan fingerprint density at radius 2 is 2.12 bits per heavy atom. The van der Waals surface area contributed by atoms with E-state index < -0.39 is 0 Å². The standard InChI is InChI=1S/C17H20N6O/c1-11(2)23-12(3)8-15(21-23)17(24)20-14-6-5-7-18-16(14)13-9-19-22(4)10-13/h5-11H,1-4H3,(H,20,24). The monoisotopic (exact) mass is 324 g/mol. The maximum Gasteiger partial charge on any atom is 0.276 e. The molecule has 0 saturated carbocycles. The Balaban J connectivity index is 1.89. The number of hydrogen-bond donors (Lipinski definition) is 1. The van der Waals surface area contributed by atoms with E-state index in [9.17, 15) is 4.79 Å². The first-order valence-corrected chi connectivity index (χ1v) is 7.77. The number of nitrogens with one attached hydrogen (secondary N) is 1. The lowest BCUT2D eigenvalue weighted by molar-refractivity contribution is 0.102. The number of hydrogen-bond acceptors (Lipinski definition) is 4. The van der Waals surface area contributed by atoms with Crippen LogP contribution in [-0.4, -0.2) is 30.5 Å². The lowest BCUT2D eigenvalue weighted by atomic mass is 10.2. The van der Waals surface area contributed by atoms with Crippen LogP contribution < -0.4 is 5.32 Å². The lowest BCUT2D eigenvalue weighted by Gasteiger charge is -2.08. The van der Waals surface area contributed by atoms with Gasteiger partial charge in [0.2, 0.25) is 0 Å². The summed E-state index contributed by atoms with van der Waals surface area (Å²) in [6.45, 7) is 6.00. The Bertz CT molecular complexity index is 877. The third-order valence-electron chi connectivity index (χ3n) is 3.68. The fraction of sp³-hybridized carbons (Fsp3) is 0.294. The number of aromatic nitrogens is 5. The highest BCUT2D eigenvalue weighted by molar-refractivity contribution is 6.04. The van der Waals surface area contributed by atoms with Crippen LogP contribution in [0.1, 0.15) is 36.1 Å². The van der Waals surface area contributed by atoms with E-state index in [1.165, 1.54) is 0 Å². The molecule has 7 heteroatoms. The molecule has 7 nitrogen and oxygen atoms in total. The second-order valence-electron chi connectivity index (χ2n) is 5.97. The number of carbonyl (C=O) groups is 1. The van der Waals surface area contributed by atoms with Crippen molar-refractivity contribution in [3.8, 4) is 11.3 Å². The van der Waals surface area contributed by atoms with Crippen LogP contribution in [0.15, 0.2) is 36.8 Å². The Morgan fingerprint density at radius 1 is 1.33 bits per heavy atom. The molecule has 0 aliphatic heterocycles. The quantitative estimate of drug-likeness (QED) is 0.800. The molecule has 3 heterocycles. The molecular weight excluding hydrogens is 304 g/mol. The summed E-state index contributed by atoms with van der Waals surface area (Å²) >= 11 is 0. The highest BCUT2D eigenvalue weighted by Crippen LogP contribution is 2.25. The minimum Gasteiger partial charge on any atom is -0.319 e. The average Bonchev–Trinajstić information content (AvgIpc) is 3.14. The van der Waals surface area contributed by atoms with Gasteiger partial charge in [-0.15, -0.1) is 0 Å². The van der Waals surface area contributed by atoms with E-state index >= 15 is 0 Å². The maximum atomic E-state index is 12.6. The Morgan fingerprint density at radius 3 is 2.75 bits per heavy atom. The molecule has 0 radical (unpaired) electrons. The lowest BCUT2D eigenvalue weighted by Crippen LogP contribution is -2.14. The van der Waals surface area contributed by atoms with Crippen LogP contribution >= 0.6 is 0 Å². The second-order valence-corrected chi connectivity index (χ2v) is 5.97. The SMILES string of the molecule is Cc1cc(C(=O)Nc2cccnc2-c2cnn(C)c2)nn1C(C)C. The van der Waals surface area contributed by atoms with E-state index in [2.05, 4.69) is 20.5 Å². The van der Waals surface area contributed by atoms with Crippen LogP contribution in [0, 0.1) is 6.92 Å². The predicted molar refractivity (Wildman–Crippen MR) is 91.7 cm³/mol. The third-order valence-corrected chi connectivity index (χ3v) is 3.68. The van der Waals surface area contributed by atoms with E-state index in [-0.39, 0.29) is 11.9 Å². The van der Waals surface area contributed by atoms with Gasteiger partial charge in [-0.3, -0.25) is 19.1 Å². The predicted octanol–water partition coefficient (Wildman–Crippen LogP) is 2.82. The van der Waals surface area contributed by atoms with E-state index in [0.717, 1.165) is 11.3 Å². The zero-order valence-electron chi connectivity index (χ0n) is 14.2. The molecule has 0 bridgehead atoms. The number of carbonyl (C=O) groups excluding carboxylic acids is 1. The van der Waals surface area contributed by atoms with Crippen LogP contribution in [0.5, 0.6) is 0 Å². The first-order chi connectivity index (χ1) is 11.5. The molecule has 3 aromatic rings. The van der Waals surface area contributed by atoms with Gasteiger partial charge in [0.15, 0.2) is 5.69 Å². The Hall–Kier alpha value is -2.96. The summed E-state index contributed by atoms with van der Waals surface area (Å²) in [4.78, 5) is 16.9. The molecule has 124 valence electrons. The summed E-state index contributed by atoms with van der Waals surface area (Å²) in [5.74, 6) is -0.254. The highest BCUT2D eigenvalue weighted by Gasteiger charge is 2.16. The number of anilines is 1. The molecule has 3 aromatic heterocycles. The first-order valence-electron chi connectivity index (χ1n) is 7.77. The van der Waals surface area contributed by atoms with Crippen molar-refractivity contribution in [1.29, 1.82) is 0 Å². The van der Waals surface area contributed by atoms with Crippen LogP contribution in [0.2, 0.25) is 0 Å². The molecule has 0 atom stereocenters. The molecule has 24 heavy (non-hydrogen) atoms. The summed E-state index contributed by atoms with van der Waals surface area (Å²) in [6, 6.07) is 5.60. The van der Waals surface area contributed by atoms with Gasteiger partial charge in [0.05, 0.1) is 17.6 Å². The van der Waals surface area contributed by atoms with Crippen molar-refractivity contribution in [2.75, 3.05) is 5.32 Å². The number of amides is 1. The molecule has 0 fully saturated rings. The summed E-state index contributed by atoms with van der Waals surface area (Å²) in [7, 11) is 1.84. The Labute approximate surface area is 140 Å². The number of rotatable bonds is 4. The maximum absolute atomic E-state index is 12.6. The fourth-order valence-electron chi connectivity index (χ4n) is 2.59. The summed E-state index contributed by atoms with van der Waals surface area (Å²) in [6.07, 6.45) is 5.26. The topological polar surface area (TPSA) is 77.6 Å². The molecular formula is C17H20N6O. The van der Waals surface area contributed by atoms with Gasteiger partial charge in [-0.05, 0) is 39.0 Å². The second kappa shape index (κ2) is 6.27. The third kappa shape index (κ3) is 3.05. The van der Waals surface area contributed by atoms with Crippen LogP contribution in [0.25, 0.3) is 11.3 Å². The number of aryl methyl sites for hydroxylation is 2. The fourth-order valence-corrected chi connectivity index (χ4v) is 2.59. The van der Waals surface area contributed by atoms with Crippen molar-refractivity contribution in [1.82, 2.24) is 24.5 Å². The van der Waals surface area contributed by atoms with Gasteiger partial charge in [0.25, 0.3) is 5.91 Å². The molecule has 0 aromatic carbocycles. The van der Waals surface area contributed by atoms with E-state index in [1.54, 1.807) is 29.2 Å². The van der Waals surface area contributed by atoms with Crippen molar-refractivity contribution >= 4 is 11.6 Å². The van der Waals surface area contributed by atoms with Gasteiger partial charge in [-0.2, -0.15) is 10.2 Å². The minimum absolute atomic E-state index is 0.205. The summed E-state index contributed by atoms with van der Waals surface area (Å²) < 4.78 is 3.53. The molecule has 0 aliphatic carbocycles. The molecule has 1 N–H and O–H groups in total. The van der Waals surface area contributed by atoms with Crippen molar-refractivity contribution in [3.63, 3.8) is 0 Å². The normalized spacial score (nSPS) is 11.0. The molecule has 0 aliphatic rings. The van der Waals surface area contributed by atoms with Gasteiger partial charge in [-0.1, -0.05) is 0 Å². The van der Waals surface area contributed by atoms with Crippen molar-refractivity contribution in [2.24, 2.45) is 7.05 Å². The van der Waals surface area contributed by atoms with E-state index in [4.69, 9.17) is 0 Å². The van der Waals surface area contributed by atoms with Crippen molar-refractivity contribution in [3.05, 3.63) is 48.2 Å². The van der Waals surface area contributed by atoms with Crippen molar-refractivity contribution in [2.45, 2.75) is 26.8 Å². The Kier molecular flexibility index (Phi) is 4.16. The molecule has 0 saturated heterocycles. The van der Waals surface area contributed by atoms with Gasteiger partial charge < -0.3 is 5.32 Å². The molecule has 0 unspecified atom stereocenters. The van der Waals surface area contributed by atoms with Gasteiger partial charge in [0, 0.05) is 36.7 Å². The number of nitrogens with zero attached hydrogens (tertiary/aromatic N) is 5. The largest absolute Gasteiger partial charge is 0.319 e.